The molecule has 0 fully saturated rings. The molecule has 0 aliphatic heterocycles. The SMILES string of the molecule is CCCCCCCC=CCCCCCC[C]=O. The highest BCUT2D eigenvalue weighted by Crippen LogP contribution is 2.07. The van der Waals surface area contributed by atoms with Crippen LogP contribution in [0.15, 0.2) is 12.2 Å². The van der Waals surface area contributed by atoms with E-state index >= 15 is 0 Å². The van der Waals surface area contributed by atoms with Gasteiger partial charge in [0.05, 0.1) is 0 Å². The van der Waals surface area contributed by atoms with Gasteiger partial charge in [-0.25, -0.2) is 0 Å². The van der Waals surface area contributed by atoms with Gasteiger partial charge in [0.25, 0.3) is 0 Å². The second-order valence-corrected chi connectivity index (χ2v) is 4.77. The van der Waals surface area contributed by atoms with Crippen molar-refractivity contribution in [2.45, 2.75) is 84.0 Å². The second kappa shape index (κ2) is 15.4. The first-order valence-corrected chi connectivity index (χ1v) is 7.41. The number of hydrogen-bond acceptors (Lipinski definition) is 1. The monoisotopic (exact) mass is 237 g/mol. The summed E-state index contributed by atoms with van der Waals surface area (Å²) in [7, 11) is 0. The van der Waals surface area contributed by atoms with E-state index in [-0.39, 0.29) is 0 Å². The molecule has 0 aromatic rings. The van der Waals surface area contributed by atoms with Crippen LogP contribution in [0.4, 0.5) is 0 Å². The smallest absolute Gasteiger partial charge is 0.198 e. The first kappa shape index (κ1) is 16.4. The van der Waals surface area contributed by atoms with Crippen LogP contribution < -0.4 is 0 Å². The zero-order valence-electron chi connectivity index (χ0n) is 11.5. The Labute approximate surface area is 108 Å². The lowest BCUT2D eigenvalue weighted by Gasteiger charge is -1.97. The largest absolute Gasteiger partial charge is 0.291 e. The molecule has 0 N–H and O–H groups in total. The van der Waals surface area contributed by atoms with Crippen LogP contribution in [0.1, 0.15) is 84.0 Å². The lowest BCUT2D eigenvalue weighted by atomic mass is 10.1. The van der Waals surface area contributed by atoms with E-state index in [0.29, 0.717) is 6.42 Å². The van der Waals surface area contributed by atoms with Crippen molar-refractivity contribution in [3.8, 4) is 0 Å². The minimum absolute atomic E-state index is 0.619. The average molecular weight is 237 g/mol. The lowest BCUT2D eigenvalue weighted by Crippen LogP contribution is -1.79. The van der Waals surface area contributed by atoms with Gasteiger partial charge < -0.3 is 0 Å². The third-order valence-corrected chi connectivity index (χ3v) is 3.04. The van der Waals surface area contributed by atoms with Crippen LogP contribution >= 0.6 is 0 Å². The minimum atomic E-state index is 0.619. The zero-order chi connectivity index (χ0) is 12.6. The Morgan fingerprint density at radius 1 is 0.765 bits per heavy atom. The quantitative estimate of drug-likeness (QED) is 0.311. The van der Waals surface area contributed by atoms with Gasteiger partial charge in [-0.2, -0.15) is 0 Å². The molecule has 0 aromatic carbocycles. The second-order valence-electron chi connectivity index (χ2n) is 4.77. The van der Waals surface area contributed by atoms with Crippen LogP contribution in [0.25, 0.3) is 0 Å². The van der Waals surface area contributed by atoms with Crippen molar-refractivity contribution in [2.24, 2.45) is 0 Å². The fourth-order valence-corrected chi connectivity index (χ4v) is 1.91. The molecule has 1 heteroatoms. The molecule has 0 spiro atoms. The Morgan fingerprint density at radius 3 is 1.82 bits per heavy atom. The highest BCUT2D eigenvalue weighted by molar-refractivity contribution is 5.50. The highest BCUT2D eigenvalue weighted by atomic mass is 16.1. The number of allylic oxidation sites excluding steroid dienone is 2. The summed E-state index contributed by atoms with van der Waals surface area (Å²) in [5.41, 5.74) is 0. The molecule has 0 atom stereocenters. The highest BCUT2D eigenvalue weighted by Gasteiger charge is 1.89. The Bertz CT molecular complexity index is 172. The fraction of sp³-hybridized carbons (Fsp3) is 0.812. The summed E-state index contributed by atoms with van der Waals surface area (Å²) in [5, 5.41) is 0. The Morgan fingerprint density at radius 2 is 1.29 bits per heavy atom. The van der Waals surface area contributed by atoms with Gasteiger partial charge in [-0.3, -0.25) is 4.79 Å². The molecule has 0 amide bonds. The number of carbonyl (C=O) groups excluding carboxylic acids is 1. The van der Waals surface area contributed by atoms with Crippen LogP contribution in [-0.2, 0) is 4.79 Å². The van der Waals surface area contributed by atoms with Crippen LogP contribution in [-0.4, -0.2) is 6.29 Å². The fourth-order valence-electron chi connectivity index (χ4n) is 1.91. The molecule has 17 heavy (non-hydrogen) atoms. The van der Waals surface area contributed by atoms with Gasteiger partial charge in [0.2, 0.25) is 0 Å². The van der Waals surface area contributed by atoms with Crippen molar-refractivity contribution in [2.75, 3.05) is 0 Å². The molecule has 0 unspecified atom stereocenters. The molecule has 0 saturated heterocycles. The zero-order valence-corrected chi connectivity index (χ0v) is 11.5. The van der Waals surface area contributed by atoms with Gasteiger partial charge in [-0.05, 0) is 32.1 Å². The van der Waals surface area contributed by atoms with E-state index in [2.05, 4.69) is 19.1 Å². The molecule has 1 nitrogen and oxygen atoms in total. The van der Waals surface area contributed by atoms with E-state index in [9.17, 15) is 4.79 Å². The molecule has 1 radical (unpaired) electrons. The third kappa shape index (κ3) is 15.4. The topological polar surface area (TPSA) is 17.1 Å². The molecule has 0 heterocycles. The van der Waals surface area contributed by atoms with Crippen molar-refractivity contribution in [1.29, 1.82) is 0 Å². The number of hydrogen-bond donors (Lipinski definition) is 0. The van der Waals surface area contributed by atoms with E-state index in [0.717, 1.165) is 6.42 Å². The van der Waals surface area contributed by atoms with E-state index < -0.39 is 0 Å². The molecule has 0 bridgehead atoms. The first-order valence-electron chi connectivity index (χ1n) is 7.41. The predicted octanol–water partition coefficient (Wildman–Crippen LogP) is 5.35. The van der Waals surface area contributed by atoms with Crippen molar-refractivity contribution >= 4 is 6.29 Å². The maximum Gasteiger partial charge on any atom is 0.198 e. The molecule has 0 aliphatic carbocycles. The maximum atomic E-state index is 9.97. The summed E-state index contributed by atoms with van der Waals surface area (Å²) in [5.74, 6) is 0. The van der Waals surface area contributed by atoms with Crippen molar-refractivity contribution in [3.05, 3.63) is 12.2 Å². The van der Waals surface area contributed by atoms with Crippen LogP contribution in [0.5, 0.6) is 0 Å². The molecular formula is C16H29O. The summed E-state index contributed by atoms with van der Waals surface area (Å²) in [6.45, 7) is 2.26. The van der Waals surface area contributed by atoms with Crippen LogP contribution in [0.2, 0.25) is 0 Å². The van der Waals surface area contributed by atoms with E-state index in [1.54, 1.807) is 0 Å². The van der Waals surface area contributed by atoms with Crippen molar-refractivity contribution < 1.29 is 4.79 Å². The summed E-state index contributed by atoms with van der Waals surface area (Å²) in [6, 6.07) is 0. The molecule has 0 rings (SSSR count). The van der Waals surface area contributed by atoms with E-state index in [4.69, 9.17) is 0 Å². The molecule has 0 aromatic heterocycles. The van der Waals surface area contributed by atoms with Gasteiger partial charge in [-0.15, -0.1) is 0 Å². The molecule has 0 saturated carbocycles. The van der Waals surface area contributed by atoms with Crippen molar-refractivity contribution in [1.82, 2.24) is 0 Å². The summed E-state index contributed by atoms with van der Waals surface area (Å²) < 4.78 is 0. The predicted molar refractivity (Wildman–Crippen MR) is 75.9 cm³/mol. The maximum absolute atomic E-state index is 9.97. The van der Waals surface area contributed by atoms with Gasteiger partial charge in [0, 0.05) is 6.42 Å². The van der Waals surface area contributed by atoms with Gasteiger partial charge >= 0.3 is 0 Å². The number of rotatable bonds is 13. The van der Waals surface area contributed by atoms with Gasteiger partial charge in [-0.1, -0.05) is 57.6 Å². The first-order chi connectivity index (χ1) is 8.41. The van der Waals surface area contributed by atoms with E-state index in [1.807, 2.05) is 6.29 Å². The minimum Gasteiger partial charge on any atom is -0.291 e. The molecular weight excluding hydrogens is 208 g/mol. The van der Waals surface area contributed by atoms with Crippen LogP contribution in [0.3, 0.4) is 0 Å². The molecule has 99 valence electrons. The van der Waals surface area contributed by atoms with E-state index in [1.165, 1.54) is 64.2 Å². The Kier molecular flexibility index (Phi) is 14.9. The summed E-state index contributed by atoms with van der Waals surface area (Å²) >= 11 is 0. The normalized spacial score (nSPS) is 11.1. The summed E-state index contributed by atoms with van der Waals surface area (Å²) in [6.07, 6.45) is 21.3. The Hall–Kier alpha value is -0.590. The molecule has 0 aliphatic rings. The van der Waals surface area contributed by atoms with Gasteiger partial charge in [0.1, 0.15) is 0 Å². The van der Waals surface area contributed by atoms with Crippen molar-refractivity contribution in [3.63, 3.8) is 0 Å². The lowest BCUT2D eigenvalue weighted by molar-refractivity contribution is 0.544. The number of unbranched alkanes of at least 4 members (excludes halogenated alkanes) is 10. The van der Waals surface area contributed by atoms with Gasteiger partial charge in [0.15, 0.2) is 6.29 Å². The third-order valence-electron chi connectivity index (χ3n) is 3.04. The average Bonchev–Trinajstić information content (AvgIpc) is 2.35. The summed E-state index contributed by atoms with van der Waals surface area (Å²) in [4.78, 5) is 9.97. The Balaban J connectivity index is 3.01. The standard InChI is InChI=1S/C16H29O/c1-2-3-4-5-6-7-8-9-10-11-12-13-14-15-16-17/h8-9H,2-7,10-15H2,1H3. The van der Waals surface area contributed by atoms with Crippen LogP contribution in [0, 0.1) is 0 Å².